The highest BCUT2D eigenvalue weighted by molar-refractivity contribution is 6.39. The SMILES string of the molecule is Nc1c(Cl)cc(C(=O)N2CCNC(=O)CC2)cc1Cl. The molecule has 0 atom stereocenters. The first-order valence-electron chi connectivity index (χ1n) is 5.79. The second kappa shape index (κ2) is 5.67. The van der Waals surface area contributed by atoms with Crippen LogP contribution >= 0.6 is 23.2 Å². The molecular weight excluding hydrogens is 289 g/mol. The number of carbonyl (C=O) groups is 2. The summed E-state index contributed by atoms with van der Waals surface area (Å²) in [5.74, 6) is -0.260. The lowest BCUT2D eigenvalue weighted by Gasteiger charge is -2.20. The quantitative estimate of drug-likeness (QED) is 0.773. The van der Waals surface area contributed by atoms with Crippen molar-refractivity contribution in [3.05, 3.63) is 27.7 Å². The van der Waals surface area contributed by atoms with Gasteiger partial charge in [-0.05, 0) is 12.1 Å². The molecule has 0 aromatic heterocycles. The number of nitrogens with two attached hydrogens (primary N) is 1. The number of hydrogen-bond acceptors (Lipinski definition) is 3. The molecule has 5 nitrogen and oxygen atoms in total. The Morgan fingerprint density at radius 3 is 2.53 bits per heavy atom. The minimum absolute atomic E-state index is 0.0522. The summed E-state index contributed by atoms with van der Waals surface area (Å²) in [5.41, 5.74) is 6.26. The standard InChI is InChI=1S/C12H13Cl2N3O2/c13-8-5-7(6-9(14)11(8)15)12(19)17-3-1-10(18)16-2-4-17/h5-6H,1-4,15H2,(H,16,18). The van der Waals surface area contributed by atoms with Crippen molar-refractivity contribution in [2.45, 2.75) is 6.42 Å². The molecule has 1 aromatic carbocycles. The average Bonchev–Trinajstić information content (AvgIpc) is 2.59. The number of carbonyl (C=O) groups excluding carboxylic acids is 2. The lowest BCUT2D eigenvalue weighted by atomic mass is 10.1. The van der Waals surface area contributed by atoms with Crippen LogP contribution in [0.2, 0.25) is 10.0 Å². The molecule has 1 aliphatic rings. The van der Waals surface area contributed by atoms with E-state index >= 15 is 0 Å². The van der Waals surface area contributed by atoms with Crippen molar-refractivity contribution in [2.75, 3.05) is 25.4 Å². The van der Waals surface area contributed by atoms with Gasteiger partial charge < -0.3 is 16.0 Å². The van der Waals surface area contributed by atoms with E-state index in [1.165, 1.54) is 12.1 Å². The van der Waals surface area contributed by atoms with E-state index in [2.05, 4.69) is 5.32 Å². The minimum atomic E-state index is -0.208. The maximum Gasteiger partial charge on any atom is 0.254 e. The van der Waals surface area contributed by atoms with Crippen LogP contribution in [0.1, 0.15) is 16.8 Å². The second-order valence-electron chi connectivity index (χ2n) is 4.25. The third-order valence-electron chi connectivity index (χ3n) is 2.93. The van der Waals surface area contributed by atoms with Gasteiger partial charge in [0.15, 0.2) is 0 Å². The van der Waals surface area contributed by atoms with E-state index in [-0.39, 0.29) is 27.5 Å². The van der Waals surface area contributed by atoms with Gasteiger partial charge in [-0.3, -0.25) is 9.59 Å². The van der Waals surface area contributed by atoms with Crippen LogP contribution < -0.4 is 11.1 Å². The molecule has 0 radical (unpaired) electrons. The van der Waals surface area contributed by atoms with Gasteiger partial charge >= 0.3 is 0 Å². The lowest BCUT2D eigenvalue weighted by molar-refractivity contribution is -0.120. The maximum atomic E-state index is 12.3. The zero-order valence-corrected chi connectivity index (χ0v) is 11.6. The van der Waals surface area contributed by atoms with Crippen molar-refractivity contribution in [3.63, 3.8) is 0 Å². The van der Waals surface area contributed by atoms with Gasteiger partial charge in [-0.1, -0.05) is 23.2 Å². The molecule has 7 heteroatoms. The van der Waals surface area contributed by atoms with E-state index in [1.54, 1.807) is 4.90 Å². The minimum Gasteiger partial charge on any atom is -0.396 e. The summed E-state index contributed by atoms with van der Waals surface area (Å²) in [6.07, 6.45) is 0.294. The van der Waals surface area contributed by atoms with Gasteiger partial charge in [-0.15, -0.1) is 0 Å². The summed E-state index contributed by atoms with van der Waals surface area (Å²) >= 11 is 11.8. The highest BCUT2D eigenvalue weighted by atomic mass is 35.5. The monoisotopic (exact) mass is 301 g/mol. The number of hydrogen-bond donors (Lipinski definition) is 2. The number of nitrogens with one attached hydrogen (secondary N) is 1. The summed E-state index contributed by atoms with van der Waals surface area (Å²) in [6, 6.07) is 2.98. The molecule has 1 aromatic rings. The fourth-order valence-corrected chi connectivity index (χ4v) is 2.35. The Hall–Kier alpha value is -1.46. The molecule has 0 unspecified atom stereocenters. The fraction of sp³-hybridized carbons (Fsp3) is 0.333. The molecule has 102 valence electrons. The van der Waals surface area contributed by atoms with Gasteiger partial charge in [-0.25, -0.2) is 0 Å². The van der Waals surface area contributed by atoms with E-state index in [1.807, 2.05) is 0 Å². The van der Waals surface area contributed by atoms with E-state index in [0.717, 1.165) is 0 Å². The summed E-state index contributed by atoms with van der Waals surface area (Å²) in [6.45, 7) is 1.29. The van der Waals surface area contributed by atoms with Crippen LogP contribution in [0, 0.1) is 0 Å². The predicted molar refractivity (Wildman–Crippen MR) is 74.4 cm³/mol. The third-order valence-corrected chi connectivity index (χ3v) is 3.55. The van der Waals surface area contributed by atoms with Crippen molar-refractivity contribution in [1.82, 2.24) is 10.2 Å². The predicted octanol–water partition coefficient (Wildman–Crippen LogP) is 1.54. The van der Waals surface area contributed by atoms with Gasteiger partial charge in [0.05, 0.1) is 15.7 Å². The van der Waals surface area contributed by atoms with E-state index in [4.69, 9.17) is 28.9 Å². The summed E-state index contributed by atoms with van der Waals surface area (Å²) < 4.78 is 0. The first-order chi connectivity index (χ1) is 8.99. The topological polar surface area (TPSA) is 75.4 Å². The van der Waals surface area contributed by atoms with Gasteiger partial charge in [0.2, 0.25) is 5.91 Å². The van der Waals surface area contributed by atoms with Crippen LogP contribution in [0.5, 0.6) is 0 Å². The number of rotatable bonds is 1. The molecule has 1 heterocycles. The van der Waals surface area contributed by atoms with Crippen LogP contribution in [0.25, 0.3) is 0 Å². The average molecular weight is 302 g/mol. The van der Waals surface area contributed by atoms with Crippen LogP contribution in [0.15, 0.2) is 12.1 Å². The summed E-state index contributed by atoms with van der Waals surface area (Å²) in [5, 5.41) is 3.21. The molecule has 1 fully saturated rings. The van der Waals surface area contributed by atoms with Crippen LogP contribution in [0.3, 0.4) is 0 Å². The van der Waals surface area contributed by atoms with Crippen molar-refractivity contribution in [3.8, 4) is 0 Å². The number of benzene rings is 1. The highest BCUT2D eigenvalue weighted by Crippen LogP contribution is 2.29. The first kappa shape index (κ1) is 14.0. The molecule has 2 rings (SSSR count). The molecule has 0 spiro atoms. The first-order valence-corrected chi connectivity index (χ1v) is 6.55. The molecule has 19 heavy (non-hydrogen) atoms. The molecule has 0 saturated carbocycles. The lowest BCUT2D eigenvalue weighted by Crippen LogP contribution is -2.34. The zero-order chi connectivity index (χ0) is 14.0. The largest absolute Gasteiger partial charge is 0.396 e. The normalized spacial score (nSPS) is 15.9. The van der Waals surface area contributed by atoms with Crippen molar-refractivity contribution in [1.29, 1.82) is 0 Å². The van der Waals surface area contributed by atoms with Crippen LogP contribution in [0.4, 0.5) is 5.69 Å². The number of nitrogen functional groups attached to an aromatic ring is 1. The number of halogens is 2. The van der Waals surface area contributed by atoms with Crippen LogP contribution in [-0.4, -0.2) is 36.3 Å². The van der Waals surface area contributed by atoms with E-state index in [9.17, 15) is 9.59 Å². The Morgan fingerprint density at radius 2 is 1.89 bits per heavy atom. The zero-order valence-electron chi connectivity index (χ0n) is 10.1. The third kappa shape index (κ3) is 3.11. The molecular formula is C12H13Cl2N3O2. The Labute approximate surface area is 120 Å². The second-order valence-corrected chi connectivity index (χ2v) is 5.06. The maximum absolute atomic E-state index is 12.3. The number of amides is 2. The number of anilines is 1. The van der Waals surface area contributed by atoms with Crippen molar-refractivity contribution in [2.24, 2.45) is 0 Å². The van der Waals surface area contributed by atoms with Crippen LogP contribution in [-0.2, 0) is 4.79 Å². The van der Waals surface area contributed by atoms with Gasteiger partial charge in [0.1, 0.15) is 0 Å². The van der Waals surface area contributed by atoms with E-state index in [0.29, 0.717) is 31.6 Å². The number of nitrogens with zero attached hydrogens (tertiary/aromatic N) is 1. The van der Waals surface area contributed by atoms with E-state index < -0.39 is 0 Å². The Balaban J connectivity index is 2.21. The smallest absolute Gasteiger partial charge is 0.254 e. The van der Waals surface area contributed by atoms with Gasteiger partial charge in [0, 0.05) is 31.6 Å². The van der Waals surface area contributed by atoms with Gasteiger partial charge in [0.25, 0.3) is 5.91 Å². The van der Waals surface area contributed by atoms with Crippen molar-refractivity contribution >= 4 is 40.7 Å². The highest BCUT2D eigenvalue weighted by Gasteiger charge is 2.21. The Bertz CT molecular complexity index is 511. The Morgan fingerprint density at radius 1 is 1.26 bits per heavy atom. The fourth-order valence-electron chi connectivity index (χ4n) is 1.86. The molecule has 2 amide bonds. The molecule has 1 aliphatic heterocycles. The Kier molecular flexibility index (Phi) is 4.17. The molecule has 1 saturated heterocycles. The van der Waals surface area contributed by atoms with Gasteiger partial charge in [-0.2, -0.15) is 0 Å². The molecule has 3 N–H and O–H groups in total. The van der Waals surface area contributed by atoms with Crippen molar-refractivity contribution < 1.29 is 9.59 Å². The summed E-state index contributed by atoms with van der Waals surface area (Å²) in [4.78, 5) is 25.1. The molecule has 0 aliphatic carbocycles. The summed E-state index contributed by atoms with van der Waals surface area (Å²) in [7, 11) is 0. The molecule has 0 bridgehead atoms.